The minimum absolute atomic E-state index is 0.0186. The van der Waals surface area contributed by atoms with Crippen molar-refractivity contribution in [1.29, 1.82) is 0 Å². The topological polar surface area (TPSA) is 224 Å². The average molecular weight is 492 g/mol. The molecule has 0 unspecified atom stereocenters. The molecule has 174 valence electrons. The van der Waals surface area contributed by atoms with Gasteiger partial charge in [0.1, 0.15) is 15.6 Å². The van der Waals surface area contributed by atoms with Gasteiger partial charge in [-0.05, 0) is 29.3 Å². The van der Waals surface area contributed by atoms with Crippen LogP contribution >= 0.6 is 0 Å². The fourth-order valence-corrected chi connectivity index (χ4v) is 6.12. The Balaban J connectivity index is 2.04. The van der Waals surface area contributed by atoms with Crippen LogP contribution in [0.1, 0.15) is 11.4 Å². The monoisotopic (exact) mass is 491 g/mol. The molecule has 0 aliphatic carbocycles. The first-order valence-corrected chi connectivity index (χ1v) is 12.7. The van der Waals surface area contributed by atoms with Gasteiger partial charge in [0, 0.05) is 13.1 Å². The number of aromatic amines is 1. The van der Waals surface area contributed by atoms with E-state index in [0.29, 0.717) is 28.0 Å². The van der Waals surface area contributed by atoms with E-state index in [4.69, 9.17) is 16.6 Å². The molecule has 1 aromatic heterocycles. The van der Waals surface area contributed by atoms with Gasteiger partial charge in [0.15, 0.2) is 12.5 Å². The Hall–Kier alpha value is -3.08. The molecular formula is C18H21N9O4S2. The van der Waals surface area contributed by atoms with E-state index in [9.17, 15) is 16.8 Å². The smallest absolute Gasteiger partial charge is 0.241 e. The molecule has 1 aliphatic rings. The van der Waals surface area contributed by atoms with Crippen LogP contribution in [-0.2, 0) is 26.6 Å². The predicted octanol–water partition coefficient (Wildman–Crippen LogP) is -0.257. The summed E-state index contributed by atoms with van der Waals surface area (Å²) in [6.45, 7) is 0.111. The van der Waals surface area contributed by atoms with Crippen LogP contribution in [0.4, 0.5) is 0 Å². The number of nitrogens with one attached hydrogen (secondary N) is 2. The zero-order chi connectivity index (χ0) is 23.8. The van der Waals surface area contributed by atoms with Gasteiger partial charge in [0.2, 0.25) is 20.0 Å². The molecule has 0 spiro atoms. The molecule has 0 fully saturated rings. The van der Waals surface area contributed by atoms with E-state index in [0.717, 1.165) is 0 Å². The molecule has 0 radical (unpaired) electrons. The molecule has 4 rings (SSSR count). The molecule has 15 heteroatoms. The highest BCUT2D eigenvalue weighted by atomic mass is 32.2. The third-order valence-electron chi connectivity index (χ3n) is 4.84. The third-order valence-corrected chi connectivity index (χ3v) is 7.47. The number of imidazole rings is 1. The van der Waals surface area contributed by atoms with Crippen molar-refractivity contribution in [2.75, 3.05) is 19.8 Å². The molecule has 0 amide bonds. The molecule has 2 aromatic carbocycles. The lowest BCUT2D eigenvalue weighted by Gasteiger charge is -2.17. The van der Waals surface area contributed by atoms with Crippen molar-refractivity contribution in [2.24, 2.45) is 31.8 Å². The lowest BCUT2D eigenvalue weighted by Crippen LogP contribution is -2.31. The largest absolute Gasteiger partial charge is 0.341 e. The van der Waals surface area contributed by atoms with Crippen LogP contribution in [0.25, 0.3) is 22.2 Å². The summed E-state index contributed by atoms with van der Waals surface area (Å²) in [4.78, 5) is 10.4. The molecule has 0 bridgehead atoms. The van der Waals surface area contributed by atoms with Gasteiger partial charge in [-0.1, -0.05) is 12.1 Å². The van der Waals surface area contributed by atoms with Gasteiger partial charge in [-0.2, -0.15) is 5.11 Å². The summed E-state index contributed by atoms with van der Waals surface area (Å²) in [5.74, 6) is 0.534. The van der Waals surface area contributed by atoms with Crippen molar-refractivity contribution in [2.45, 2.75) is 16.3 Å². The maximum absolute atomic E-state index is 12.9. The summed E-state index contributed by atoms with van der Waals surface area (Å²) in [6, 6.07) is 7.82. The second-order valence-corrected chi connectivity index (χ2v) is 10.3. The Morgan fingerprint density at radius 3 is 2.52 bits per heavy atom. The van der Waals surface area contributed by atoms with Crippen LogP contribution in [0.3, 0.4) is 0 Å². The number of hydrogen-bond donors (Lipinski definition) is 5. The Labute approximate surface area is 189 Å². The lowest BCUT2D eigenvalue weighted by atomic mass is 9.98. The van der Waals surface area contributed by atoms with Gasteiger partial charge in [-0.25, -0.2) is 36.7 Å². The summed E-state index contributed by atoms with van der Waals surface area (Å²) in [7, 11) is -8.82. The minimum Gasteiger partial charge on any atom is -0.341 e. The van der Waals surface area contributed by atoms with Crippen LogP contribution in [0, 0.1) is 0 Å². The van der Waals surface area contributed by atoms with E-state index in [1.165, 1.54) is 12.1 Å². The Morgan fingerprint density at radius 2 is 1.88 bits per heavy atom. The van der Waals surface area contributed by atoms with E-state index in [2.05, 4.69) is 29.9 Å². The van der Waals surface area contributed by atoms with Crippen molar-refractivity contribution in [3.05, 3.63) is 41.7 Å². The van der Waals surface area contributed by atoms with Crippen molar-refractivity contribution < 1.29 is 16.8 Å². The summed E-state index contributed by atoms with van der Waals surface area (Å²) in [5, 5.41) is 13.2. The van der Waals surface area contributed by atoms with Crippen molar-refractivity contribution in [3.63, 3.8) is 0 Å². The zero-order valence-electron chi connectivity index (χ0n) is 17.2. The van der Waals surface area contributed by atoms with Crippen LogP contribution in [0.15, 0.2) is 55.3 Å². The molecule has 0 saturated carbocycles. The normalized spacial score (nSPS) is 14.2. The fourth-order valence-electron chi connectivity index (χ4n) is 3.48. The number of rotatable bonds is 8. The van der Waals surface area contributed by atoms with Crippen molar-refractivity contribution in [3.8, 4) is 11.1 Å². The molecule has 2 heterocycles. The standard InChI is InChI=1S/C18H21N9O4S2/c19-5-6-24-33(30,31)14-4-2-11(10-1-3-12-13(7-10)26-15(8-20)25-12)16(17(14)32(21,28)29)18-22-9-23-27-18/h1-4,7,24H,5-6,8-9,19-20H2,(H,25,26)(H2,21,28,29). The zero-order valence-corrected chi connectivity index (χ0v) is 18.8. The van der Waals surface area contributed by atoms with Crippen LogP contribution in [0.5, 0.6) is 0 Å². The van der Waals surface area contributed by atoms with Gasteiger partial charge < -0.3 is 16.5 Å². The van der Waals surface area contributed by atoms with Gasteiger partial charge in [0.25, 0.3) is 0 Å². The summed E-state index contributed by atoms with van der Waals surface area (Å²) in [6.07, 6.45) is 0. The number of aliphatic imine (C=N–C) groups is 1. The number of sulfonamides is 2. The van der Waals surface area contributed by atoms with E-state index < -0.39 is 29.8 Å². The molecule has 0 atom stereocenters. The van der Waals surface area contributed by atoms with Gasteiger partial charge in [0.05, 0.1) is 23.1 Å². The molecule has 33 heavy (non-hydrogen) atoms. The number of amidine groups is 1. The molecule has 1 aliphatic heterocycles. The van der Waals surface area contributed by atoms with E-state index in [1.54, 1.807) is 18.2 Å². The van der Waals surface area contributed by atoms with Crippen molar-refractivity contribution in [1.82, 2.24) is 14.7 Å². The minimum atomic E-state index is -4.55. The highest BCUT2D eigenvalue weighted by Gasteiger charge is 2.32. The fraction of sp³-hybridized carbons (Fsp3) is 0.222. The Morgan fingerprint density at radius 1 is 1.09 bits per heavy atom. The number of azo groups is 1. The van der Waals surface area contributed by atoms with Crippen LogP contribution < -0.4 is 21.3 Å². The quantitative estimate of drug-likeness (QED) is 0.283. The number of H-pyrrole nitrogens is 1. The maximum Gasteiger partial charge on any atom is 0.241 e. The number of nitrogens with zero attached hydrogens (tertiary/aromatic N) is 4. The van der Waals surface area contributed by atoms with Gasteiger partial charge >= 0.3 is 0 Å². The lowest BCUT2D eigenvalue weighted by molar-refractivity contribution is 0.573. The third kappa shape index (κ3) is 4.41. The summed E-state index contributed by atoms with van der Waals surface area (Å²) < 4.78 is 53.4. The first-order valence-electron chi connectivity index (χ1n) is 9.66. The first kappa shape index (κ1) is 23.1. The van der Waals surface area contributed by atoms with Crippen LogP contribution in [0.2, 0.25) is 0 Å². The molecule has 3 aromatic rings. The Kier molecular flexibility index (Phi) is 6.08. The van der Waals surface area contributed by atoms with Gasteiger partial charge in [-0.3, -0.25) is 0 Å². The van der Waals surface area contributed by atoms with Crippen LogP contribution in [-0.4, -0.2) is 52.4 Å². The number of primary sulfonamides is 1. The molecular weight excluding hydrogens is 470 g/mol. The second kappa shape index (κ2) is 8.69. The van der Waals surface area contributed by atoms with Crippen molar-refractivity contribution >= 4 is 36.9 Å². The number of hydrogen-bond acceptors (Lipinski definition) is 10. The van der Waals surface area contributed by atoms with E-state index in [-0.39, 0.29) is 37.7 Å². The van der Waals surface area contributed by atoms with E-state index in [1.807, 2.05) is 0 Å². The number of aromatic nitrogens is 2. The summed E-state index contributed by atoms with van der Waals surface area (Å²) >= 11 is 0. The maximum atomic E-state index is 12.9. The highest BCUT2D eigenvalue weighted by Crippen LogP contribution is 2.35. The predicted molar refractivity (Wildman–Crippen MR) is 121 cm³/mol. The number of fused-ring (bicyclic) bond motifs is 1. The SMILES string of the molecule is NCCNS(=O)(=O)c1ccc(-c2ccc3nc(CN)[nH]c3c2)c(C2=NCN=N2)c1S(N)(=O)=O. The Bertz CT molecular complexity index is 1510. The molecule has 8 N–H and O–H groups in total. The van der Waals surface area contributed by atoms with Gasteiger partial charge in [-0.15, -0.1) is 5.11 Å². The number of benzene rings is 2. The second-order valence-electron chi connectivity index (χ2n) is 7.03. The average Bonchev–Trinajstić information content (AvgIpc) is 3.45. The number of nitrogens with two attached hydrogens (primary N) is 3. The van der Waals surface area contributed by atoms with E-state index >= 15 is 0 Å². The summed E-state index contributed by atoms with van der Waals surface area (Å²) in [5.41, 5.74) is 13.2. The molecule has 13 nitrogen and oxygen atoms in total. The molecule has 0 saturated heterocycles. The highest BCUT2D eigenvalue weighted by molar-refractivity contribution is 7.92. The first-order chi connectivity index (χ1) is 15.7.